The third-order valence-electron chi connectivity index (χ3n) is 8.01. The average molecular weight is 419 g/mol. The van der Waals surface area contributed by atoms with Crippen LogP contribution >= 0.6 is 0 Å². The SMILES string of the molecule is C[C@]12CC[C@@H]3c4ccc(OCC(=O)OCc5ccccc5)cc4CC[C@H]3[C@@H]1CCC2=O. The zero-order valence-corrected chi connectivity index (χ0v) is 18.1. The molecule has 162 valence electrons. The lowest BCUT2D eigenvalue weighted by Crippen LogP contribution is -2.42. The molecule has 2 aromatic carbocycles. The smallest absolute Gasteiger partial charge is 0.344 e. The van der Waals surface area contributed by atoms with E-state index >= 15 is 0 Å². The third-order valence-corrected chi connectivity index (χ3v) is 8.01. The summed E-state index contributed by atoms with van der Waals surface area (Å²) in [5.74, 6) is 2.58. The molecular formula is C27H30O4. The van der Waals surface area contributed by atoms with Crippen molar-refractivity contribution in [3.8, 4) is 5.75 Å². The van der Waals surface area contributed by atoms with Gasteiger partial charge in [0.1, 0.15) is 18.1 Å². The molecule has 0 unspecified atom stereocenters. The zero-order valence-electron chi connectivity index (χ0n) is 18.1. The molecule has 2 fully saturated rings. The Labute approximate surface area is 183 Å². The molecule has 0 aliphatic heterocycles. The highest BCUT2D eigenvalue weighted by Crippen LogP contribution is 2.59. The van der Waals surface area contributed by atoms with Gasteiger partial charge >= 0.3 is 5.97 Å². The summed E-state index contributed by atoms with van der Waals surface area (Å²) in [4.78, 5) is 24.5. The van der Waals surface area contributed by atoms with Gasteiger partial charge in [0, 0.05) is 11.8 Å². The van der Waals surface area contributed by atoms with Gasteiger partial charge in [-0.1, -0.05) is 43.3 Å². The predicted octanol–water partition coefficient (Wildman–Crippen LogP) is 5.23. The molecule has 4 nitrogen and oxygen atoms in total. The maximum atomic E-state index is 12.5. The Morgan fingerprint density at radius 3 is 2.74 bits per heavy atom. The van der Waals surface area contributed by atoms with Crippen LogP contribution in [-0.2, 0) is 27.4 Å². The summed E-state index contributed by atoms with van der Waals surface area (Å²) in [5, 5.41) is 0. The van der Waals surface area contributed by atoms with Gasteiger partial charge < -0.3 is 9.47 Å². The fourth-order valence-corrected chi connectivity index (χ4v) is 6.34. The molecule has 31 heavy (non-hydrogen) atoms. The van der Waals surface area contributed by atoms with Gasteiger partial charge in [-0.05, 0) is 78.7 Å². The molecule has 4 heteroatoms. The van der Waals surface area contributed by atoms with E-state index in [9.17, 15) is 9.59 Å². The summed E-state index contributed by atoms with van der Waals surface area (Å²) >= 11 is 0. The standard InChI is InChI=1S/C27H30O4/c1-27-14-13-22-21-10-8-20(30-17-26(29)31-16-18-5-3-2-4-6-18)15-19(21)7-9-23(22)24(27)11-12-25(27)28/h2-6,8,10,15,22-24H,7,9,11-14,16-17H2,1H3/t22-,23-,24+,27+/m1/s1. The van der Waals surface area contributed by atoms with Crippen molar-refractivity contribution in [1.29, 1.82) is 0 Å². The Balaban J connectivity index is 1.21. The summed E-state index contributed by atoms with van der Waals surface area (Å²) in [7, 11) is 0. The summed E-state index contributed by atoms with van der Waals surface area (Å²) < 4.78 is 11.0. The third kappa shape index (κ3) is 3.77. The van der Waals surface area contributed by atoms with Crippen LogP contribution in [0.2, 0.25) is 0 Å². The Morgan fingerprint density at radius 1 is 1.06 bits per heavy atom. The van der Waals surface area contributed by atoms with Crippen molar-refractivity contribution in [1.82, 2.24) is 0 Å². The van der Waals surface area contributed by atoms with Crippen LogP contribution in [0, 0.1) is 17.3 Å². The maximum absolute atomic E-state index is 12.5. The van der Waals surface area contributed by atoms with Gasteiger partial charge in [-0.15, -0.1) is 0 Å². The van der Waals surface area contributed by atoms with Gasteiger partial charge in [-0.3, -0.25) is 4.79 Å². The molecule has 0 spiro atoms. The molecule has 4 atom stereocenters. The van der Waals surface area contributed by atoms with Crippen LogP contribution in [0.1, 0.15) is 61.6 Å². The van der Waals surface area contributed by atoms with E-state index in [1.807, 2.05) is 36.4 Å². The largest absolute Gasteiger partial charge is 0.482 e. The summed E-state index contributed by atoms with van der Waals surface area (Å²) in [5.41, 5.74) is 3.65. The van der Waals surface area contributed by atoms with Crippen molar-refractivity contribution in [2.75, 3.05) is 6.61 Å². The molecule has 0 heterocycles. The predicted molar refractivity (Wildman–Crippen MR) is 118 cm³/mol. The summed E-state index contributed by atoms with van der Waals surface area (Å²) in [6, 6.07) is 15.9. The number of Topliss-reactive ketones (excluding diaryl/α,β-unsaturated/α-hetero) is 1. The fourth-order valence-electron chi connectivity index (χ4n) is 6.34. The normalized spacial score (nSPS) is 28.9. The molecule has 0 aromatic heterocycles. The first-order valence-corrected chi connectivity index (χ1v) is 11.5. The van der Waals surface area contributed by atoms with E-state index in [1.165, 1.54) is 11.1 Å². The topological polar surface area (TPSA) is 52.6 Å². The van der Waals surface area contributed by atoms with E-state index in [4.69, 9.17) is 9.47 Å². The average Bonchev–Trinajstić information content (AvgIpc) is 3.11. The molecule has 3 aliphatic carbocycles. The number of aryl methyl sites for hydroxylation is 1. The lowest BCUT2D eigenvalue weighted by Gasteiger charge is -2.48. The first kappa shape index (κ1) is 20.3. The Hall–Kier alpha value is -2.62. The lowest BCUT2D eigenvalue weighted by molar-refractivity contribution is -0.147. The zero-order chi connectivity index (χ0) is 21.4. The van der Waals surface area contributed by atoms with Crippen molar-refractivity contribution in [2.24, 2.45) is 17.3 Å². The van der Waals surface area contributed by atoms with Crippen molar-refractivity contribution in [2.45, 2.75) is 58.0 Å². The number of rotatable bonds is 5. The van der Waals surface area contributed by atoms with Gasteiger partial charge in [-0.25, -0.2) is 4.79 Å². The van der Waals surface area contributed by atoms with Crippen LogP contribution in [-0.4, -0.2) is 18.4 Å². The molecule has 2 aromatic rings. The lowest BCUT2D eigenvalue weighted by atomic mass is 9.55. The Bertz CT molecular complexity index is 982. The second kappa shape index (κ2) is 8.14. The first-order chi connectivity index (χ1) is 15.0. The van der Waals surface area contributed by atoms with Gasteiger partial charge in [-0.2, -0.15) is 0 Å². The van der Waals surface area contributed by atoms with E-state index in [-0.39, 0.29) is 24.6 Å². The Morgan fingerprint density at radius 2 is 1.90 bits per heavy atom. The summed E-state index contributed by atoms with van der Waals surface area (Å²) in [6.07, 6.45) is 6.12. The number of carbonyl (C=O) groups is 2. The minimum absolute atomic E-state index is 0.0815. The van der Waals surface area contributed by atoms with Gasteiger partial charge in [0.05, 0.1) is 0 Å². The van der Waals surface area contributed by atoms with E-state index in [0.29, 0.717) is 23.5 Å². The van der Waals surface area contributed by atoms with Crippen LogP contribution in [0.4, 0.5) is 0 Å². The van der Waals surface area contributed by atoms with Crippen molar-refractivity contribution < 1.29 is 19.1 Å². The number of esters is 1. The van der Waals surface area contributed by atoms with Crippen LogP contribution in [0.5, 0.6) is 5.75 Å². The molecule has 0 saturated heterocycles. The van der Waals surface area contributed by atoms with Crippen LogP contribution in [0.25, 0.3) is 0 Å². The van der Waals surface area contributed by atoms with E-state index in [0.717, 1.165) is 49.8 Å². The highest BCUT2D eigenvalue weighted by atomic mass is 16.6. The van der Waals surface area contributed by atoms with Gasteiger partial charge in [0.15, 0.2) is 6.61 Å². The second-order valence-corrected chi connectivity index (χ2v) is 9.63. The van der Waals surface area contributed by atoms with Crippen molar-refractivity contribution in [3.63, 3.8) is 0 Å². The van der Waals surface area contributed by atoms with Crippen LogP contribution < -0.4 is 4.74 Å². The molecule has 5 rings (SSSR count). The van der Waals surface area contributed by atoms with E-state index in [2.05, 4.69) is 19.1 Å². The molecule has 0 bridgehead atoms. The number of fused-ring (bicyclic) bond motifs is 5. The van der Waals surface area contributed by atoms with E-state index in [1.54, 1.807) is 0 Å². The Kier molecular flexibility index (Phi) is 5.33. The molecule has 2 saturated carbocycles. The first-order valence-electron chi connectivity index (χ1n) is 11.5. The molecule has 0 N–H and O–H groups in total. The summed E-state index contributed by atoms with van der Waals surface area (Å²) in [6.45, 7) is 2.39. The molecule has 0 amide bonds. The minimum atomic E-state index is -0.362. The minimum Gasteiger partial charge on any atom is -0.482 e. The fraction of sp³-hybridized carbons (Fsp3) is 0.481. The van der Waals surface area contributed by atoms with Crippen LogP contribution in [0.15, 0.2) is 48.5 Å². The number of benzene rings is 2. The van der Waals surface area contributed by atoms with Gasteiger partial charge in [0.25, 0.3) is 0 Å². The molecular weight excluding hydrogens is 388 g/mol. The highest BCUT2D eigenvalue weighted by Gasteiger charge is 2.54. The van der Waals surface area contributed by atoms with Crippen molar-refractivity contribution >= 4 is 11.8 Å². The van der Waals surface area contributed by atoms with Crippen LogP contribution in [0.3, 0.4) is 0 Å². The van der Waals surface area contributed by atoms with Crippen molar-refractivity contribution in [3.05, 3.63) is 65.2 Å². The number of hydrogen-bond donors (Lipinski definition) is 0. The monoisotopic (exact) mass is 418 g/mol. The number of ether oxygens (including phenoxy) is 2. The van der Waals surface area contributed by atoms with E-state index < -0.39 is 0 Å². The highest BCUT2D eigenvalue weighted by molar-refractivity contribution is 5.87. The molecule has 3 aliphatic rings. The number of carbonyl (C=O) groups excluding carboxylic acids is 2. The van der Waals surface area contributed by atoms with Gasteiger partial charge in [0.2, 0.25) is 0 Å². The second-order valence-electron chi connectivity index (χ2n) is 9.63. The maximum Gasteiger partial charge on any atom is 0.344 e. The number of ketones is 1. The quantitative estimate of drug-likeness (QED) is 0.624. The molecule has 0 radical (unpaired) electrons. The number of hydrogen-bond acceptors (Lipinski definition) is 4.